The normalized spacial score (nSPS) is 17.8. The molecule has 1 heterocycles. The summed E-state index contributed by atoms with van der Waals surface area (Å²) in [7, 11) is 0. The van der Waals surface area contributed by atoms with E-state index < -0.39 is 0 Å². The van der Waals surface area contributed by atoms with Crippen LogP contribution in [-0.4, -0.2) is 50.3 Å². The van der Waals surface area contributed by atoms with Gasteiger partial charge in [-0.2, -0.15) is 0 Å². The molecule has 2 rings (SSSR count). The Labute approximate surface area is 136 Å². The molecule has 1 aromatic rings. The zero-order valence-corrected chi connectivity index (χ0v) is 14.5. The van der Waals surface area contributed by atoms with E-state index in [1.165, 1.54) is 11.1 Å². The van der Waals surface area contributed by atoms with Crippen LogP contribution in [0.5, 0.6) is 0 Å². The Morgan fingerprint density at radius 2 is 1.73 bits per heavy atom. The predicted octanol–water partition coefficient (Wildman–Crippen LogP) is 2.74. The molecule has 1 aliphatic rings. The van der Waals surface area contributed by atoms with Crippen molar-refractivity contribution in [1.29, 1.82) is 0 Å². The molecule has 0 aromatic heterocycles. The van der Waals surface area contributed by atoms with Crippen LogP contribution in [0, 0.1) is 5.92 Å². The van der Waals surface area contributed by atoms with E-state index in [1.807, 2.05) is 0 Å². The zero-order chi connectivity index (χ0) is 15.8. The van der Waals surface area contributed by atoms with Crippen LogP contribution in [0.3, 0.4) is 0 Å². The van der Waals surface area contributed by atoms with Crippen molar-refractivity contribution in [3.63, 3.8) is 0 Å². The summed E-state index contributed by atoms with van der Waals surface area (Å²) < 4.78 is 5.44. The van der Waals surface area contributed by atoms with Crippen LogP contribution in [0.4, 0.5) is 0 Å². The Morgan fingerprint density at radius 3 is 2.32 bits per heavy atom. The van der Waals surface area contributed by atoms with E-state index in [0.717, 1.165) is 52.2 Å². The first-order chi connectivity index (χ1) is 10.7. The molecule has 1 fully saturated rings. The van der Waals surface area contributed by atoms with Crippen molar-refractivity contribution < 1.29 is 4.74 Å². The first-order valence-electron chi connectivity index (χ1n) is 8.80. The van der Waals surface area contributed by atoms with E-state index in [4.69, 9.17) is 4.74 Å². The van der Waals surface area contributed by atoms with Gasteiger partial charge in [0, 0.05) is 25.7 Å². The third kappa shape index (κ3) is 5.71. The highest BCUT2D eigenvalue weighted by Crippen LogP contribution is 2.08. The van der Waals surface area contributed by atoms with E-state index in [2.05, 4.69) is 55.3 Å². The van der Waals surface area contributed by atoms with Crippen molar-refractivity contribution >= 4 is 0 Å². The Kier molecular flexibility index (Phi) is 7.37. The fourth-order valence-electron chi connectivity index (χ4n) is 2.92. The smallest absolute Gasteiger partial charge is 0.0594 e. The van der Waals surface area contributed by atoms with Crippen molar-refractivity contribution in [1.82, 2.24) is 10.2 Å². The van der Waals surface area contributed by atoms with Crippen LogP contribution >= 0.6 is 0 Å². The first kappa shape index (κ1) is 17.5. The topological polar surface area (TPSA) is 24.5 Å². The van der Waals surface area contributed by atoms with Crippen LogP contribution < -0.4 is 5.32 Å². The van der Waals surface area contributed by atoms with Gasteiger partial charge in [-0.3, -0.25) is 4.90 Å². The second-order valence-corrected chi connectivity index (χ2v) is 6.64. The lowest BCUT2D eigenvalue weighted by Crippen LogP contribution is -2.48. The van der Waals surface area contributed by atoms with Gasteiger partial charge in [-0.1, -0.05) is 45.0 Å². The SMILES string of the molecule is CCc1ccc(CCN[C@@H](CN2CCOCC2)C(C)C)cc1. The van der Waals surface area contributed by atoms with E-state index in [9.17, 15) is 0 Å². The van der Waals surface area contributed by atoms with Gasteiger partial charge in [0.2, 0.25) is 0 Å². The molecular weight excluding hydrogens is 272 g/mol. The Hall–Kier alpha value is -0.900. The summed E-state index contributed by atoms with van der Waals surface area (Å²) in [6.45, 7) is 12.9. The Balaban J connectivity index is 1.75. The minimum atomic E-state index is 0.563. The standard InChI is InChI=1S/C19H32N2O/c1-4-17-5-7-18(8-6-17)9-10-20-19(16(2)3)15-21-11-13-22-14-12-21/h5-8,16,19-20H,4,9-15H2,1-3H3/t19-/m0/s1. The maximum absolute atomic E-state index is 5.44. The molecule has 1 aliphatic heterocycles. The highest BCUT2D eigenvalue weighted by atomic mass is 16.5. The molecule has 1 saturated heterocycles. The van der Waals surface area contributed by atoms with Gasteiger partial charge in [-0.15, -0.1) is 0 Å². The van der Waals surface area contributed by atoms with E-state index in [0.29, 0.717) is 12.0 Å². The predicted molar refractivity (Wildman–Crippen MR) is 93.4 cm³/mol. The van der Waals surface area contributed by atoms with Gasteiger partial charge in [0.05, 0.1) is 13.2 Å². The van der Waals surface area contributed by atoms with Crippen molar-refractivity contribution in [3.05, 3.63) is 35.4 Å². The van der Waals surface area contributed by atoms with Crippen molar-refractivity contribution in [2.45, 2.75) is 39.7 Å². The number of ether oxygens (including phenoxy) is 1. The highest BCUT2D eigenvalue weighted by molar-refractivity contribution is 5.22. The monoisotopic (exact) mass is 304 g/mol. The molecule has 22 heavy (non-hydrogen) atoms. The lowest BCUT2D eigenvalue weighted by atomic mass is 10.0. The van der Waals surface area contributed by atoms with Gasteiger partial charge in [0.25, 0.3) is 0 Å². The van der Waals surface area contributed by atoms with Crippen LogP contribution in [0.2, 0.25) is 0 Å². The average molecular weight is 304 g/mol. The third-order valence-electron chi connectivity index (χ3n) is 4.61. The summed E-state index contributed by atoms with van der Waals surface area (Å²) in [5.74, 6) is 0.658. The molecule has 3 nitrogen and oxygen atoms in total. The average Bonchev–Trinajstić information content (AvgIpc) is 2.55. The molecule has 0 saturated carbocycles. The second kappa shape index (κ2) is 9.29. The summed E-state index contributed by atoms with van der Waals surface area (Å²) in [5, 5.41) is 3.76. The molecule has 124 valence electrons. The Bertz CT molecular complexity index is 410. The molecule has 0 aliphatic carbocycles. The van der Waals surface area contributed by atoms with Crippen LogP contribution in [0.15, 0.2) is 24.3 Å². The second-order valence-electron chi connectivity index (χ2n) is 6.64. The van der Waals surface area contributed by atoms with Crippen LogP contribution in [0.25, 0.3) is 0 Å². The lowest BCUT2D eigenvalue weighted by molar-refractivity contribution is 0.0310. The summed E-state index contributed by atoms with van der Waals surface area (Å²) in [4.78, 5) is 2.53. The van der Waals surface area contributed by atoms with Crippen molar-refractivity contribution in [2.24, 2.45) is 5.92 Å². The van der Waals surface area contributed by atoms with Gasteiger partial charge < -0.3 is 10.1 Å². The number of aryl methyl sites for hydroxylation is 1. The summed E-state index contributed by atoms with van der Waals surface area (Å²) in [6, 6.07) is 9.61. The van der Waals surface area contributed by atoms with E-state index >= 15 is 0 Å². The Morgan fingerprint density at radius 1 is 1.09 bits per heavy atom. The van der Waals surface area contributed by atoms with E-state index in [1.54, 1.807) is 0 Å². The minimum Gasteiger partial charge on any atom is -0.379 e. The van der Waals surface area contributed by atoms with Gasteiger partial charge in [0.15, 0.2) is 0 Å². The number of benzene rings is 1. The maximum Gasteiger partial charge on any atom is 0.0594 e. The molecule has 1 N–H and O–H groups in total. The summed E-state index contributed by atoms with van der Waals surface area (Å²) in [5.41, 5.74) is 2.85. The molecule has 0 bridgehead atoms. The fraction of sp³-hybridized carbons (Fsp3) is 0.684. The zero-order valence-electron chi connectivity index (χ0n) is 14.5. The first-order valence-corrected chi connectivity index (χ1v) is 8.80. The quantitative estimate of drug-likeness (QED) is 0.799. The maximum atomic E-state index is 5.44. The number of rotatable bonds is 8. The lowest BCUT2D eigenvalue weighted by Gasteiger charge is -2.32. The number of nitrogens with one attached hydrogen (secondary N) is 1. The van der Waals surface area contributed by atoms with Crippen molar-refractivity contribution in [3.8, 4) is 0 Å². The molecular formula is C19H32N2O. The van der Waals surface area contributed by atoms with Crippen molar-refractivity contribution in [2.75, 3.05) is 39.4 Å². The number of hydrogen-bond acceptors (Lipinski definition) is 3. The molecule has 1 atom stereocenters. The van der Waals surface area contributed by atoms with Gasteiger partial charge in [-0.25, -0.2) is 0 Å². The minimum absolute atomic E-state index is 0.563. The highest BCUT2D eigenvalue weighted by Gasteiger charge is 2.18. The van der Waals surface area contributed by atoms with Gasteiger partial charge in [0.1, 0.15) is 0 Å². The molecule has 1 aromatic carbocycles. The molecule has 0 spiro atoms. The largest absolute Gasteiger partial charge is 0.379 e. The number of hydrogen-bond donors (Lipinski definition) is 1. The molecule has 0 radical (unpaired) electrons. The third-order valence-corrected chi connectivity index (χ3v) is 4.61. The van der Waals surface area contributed by atoms with Gasteiger partial charge in [-0.05, 0) is 36.4 Å². The van der Waals surface area contributed by atoms with Crippen LogP contribution in [0.1, 0.15) is 31.9 Å². The fourth-order valence-corrected chi connectivity index (χ4v) is 2.92. The van der Waals surface area contributed by atoms with Gasteiger partial charge >= 0.3 is 0 Å². The molecule has 0 amide bonds. The number of morpholine rings is 1. The summed E-state index contributed by atoms with van der Waals surface area (Å²) >= 11 is 0. The number of nitrogens with zero attached hydrogens (tertiary/aromatic N) is 1. The van der Waals surface area contributed by atoms with Crippen LogP contribution in [-0.2, 0) is 17.6 Å². The summed E-state index contributed by atoms with van der Waals surface area (Å²) in [6.07, 6.45) is 2.23. The van der Waals surface area contributed by atoms with E-state index in [-0.39, 0.29) is 0 Å². The molecule has 3 heteroatoms. The molecule has 0 unspecified atom stereocenters.